The van der Waals surface area contributed by atoms with E-state index in [1.807, 2.05) is 0 Å². The molecule has 0 aromatic heterocycles. The van der Waals surface area contributed by atoms with Gasteiger partial charge in [-0.25, -0.2) is 0 Å². The average molecular weight is 420 g/mol. The largest absolute Gasteiger partial charge is 0.304 e. The van der Waals surface area contributed by atoms with Crippen LogP contribution in [0.3, 0.4) is 0 Å². The zero-order valence-corrected chi connectivity index (χ0v) is 18.0. The summed E-state index contributed by atoms with van der Waals surface area (Å²) in [6.45, 7) is 4.23. The quantitative estimate of drug-likeness (QED) is 0.229. The van der Waals surface area contributed by atoms with Crippen molar-refractivity contribution >= 4 is 17.7 Å². The van der Waals surface area contributed by atoms with Crippen molar-refractivity contribution in [2.45, 2.75) is 42.6 Å². The van der Waals surface area contributed by atoms with E-state index in [-0.39, 0.29) is 21.6 Å². The first-order valence-corrected chi connectivity index (χ1v) is 10.9. The van der Waals surface area contributed by atoms with Crippen molar-refractivity contribution in [1.29, 1.82) is 0 Å². The lowest BCUT2D eigenvalue weighted by atomic mass is 9.83. The van der Waals surface area contributed by atoms with E-state index < -0.39 is 0 Å². The highest BCUT2D eigenvalue weighted by molar-refractivity contribution is 7.94. The normalized spacial score (nSPS) is 17.5. The molecule has 1 fully saturated rings. The van der Waals surface area contributed by atoms with E-state index in [1.165, 1.54) is 35.3 Å². The van der Waals surface area contributed by atoms with Crippen molar-refractivity contribution in [3.05, 3.63) is 106 Å². The van der Waals surface area contributed by atoms with E-state index in [0.717, 1.165) is 17.7 Å². The first-order chi connectivity index (χ1) is 14.4. The molecular formula is C25H25NO3S. The molecule has 0 bridgehead atoms. The summed E-state index contributed by atoms with van der Waals surface area (Å²) in [5.41, 5.74) is 2.52. The second kappa shape index (κ2) is 8.25. The van der Waals surface area contributed by atoms with E-state index in [4.69, 9.17) is 4.18 Å². The van der Waals surface area contributed by atoms with Gasteiger partial charge in [-0.15, -0.1) is 0 Å². The van der Waals surface area contributed by atoms with Gasteiger partial charge < -0.3 is 4.18 Å². The fourth-order valence-corrected chi connectivity index (χ4v) is 4.97. The van der Waals surface area contributed by atoms with Crippen molar-refractivity contribution in [3.8, 4) is 0 Å². The van der Waals surface area contributed by atoms with Crippen LogP contribution in [-0.2, 0) is 9.60 Å². The molecule has 0 radical (unpaired) electrons. The lowest BCUT2D eigenvalue weighted by Crippen LogP contribution is -2.24. The smallest absolute Gasteiger partial charge is 0.269 e. The maximum absolute atomic E-state index is 10.8. The minimum Gasteiger partial charge on any atom is -0.304 e. The van der Waals surface area contributed by atoms with Gasteiger partial charge in [-0.3, -0.25) is 10.1 Å². The molecule has 0 N–H and O–H groups in total. The molecule has 1 atom stereocenters. The fourth-order valence-electron chi connectivity index (χ4n) is 4.33. The Kier molecular flexibility index (Phi) is 5.67. The van der Waals surface area contributed by atoms with Gasteiger partial charge in [0.25, 0.3) is 5.69 Å². The van der Waals surface area contributed by atoms with Crippen molar-refractivity contribution in [3.63, 3.8) is 0 Å². The Labute approximate surface area is 181 Å². The monoisotopic (exact) mass is 419 g/mol. The molecule has 4 rings (SSSR count). The lowest BCUT2D eigenvalue weighted by molar-refractivity contribution is -0.384. The number of benzene rings is 3. The van der Waals surface area contributed by atoms with E-state index >= 15 is 0 Å². The molecule has 4 nitrogen and oxygen atoms in total. The van der Waals surface area contributed by atoms with Crippen LogP contribution in [-0.4, -0.2) is 10.5 Å². The van der Waals surface area contributed by atoms with Gasteiger partial charge in [0.2, 0.25) is 0 Å². The molecule has 1 aliphatic carbocycles. The molecule has 0 heterocycles. The summed E-state index contributed by atoms with van der Waals surface area (Å²) < 4.78 is 6.18. The third-order valence-corrected chi connectivity index (χ3v) is 6.83. The Hall–Kier alpha value is -2.63. The summed E-state index contributed by atoms with van der Waals surface area (Å²) >= 11 is 1.29. The lowest BCUT2D eigenvalue weighted by Gasteiger charge is -2.27. The highest BCUT2D eigenvalue weighted by Gasteiger charge is 2.57. The van der Waals surface area contributed by atoms with Gasteiger partial charge in [-0.1, -0.05) is 60.7 Å². The molecule has 0 saturated heterocycles. The number of hydrogen-bond acceptors (Lipinski definition) is 4. The minimum absolute atomic E-state index is 0.0428. The van der Waals surface area contributed by atoms with Crippen molar-refractivity contribution in [1.82, 2.24) is 0 Å². The molecule has 1 aliphatic rings. The van der Waals surface area contributed by atoms with Crippen LogP contribution in [0.15, 0.2) is 89.8 Å². The molecule has 0 spiro atoms. The van der Waals surface area contributed by atoms with Crippen LogP contribution >= 0.6 is 12.0 Å². The predicted octanol–water partition coefficient (Wildman–Crippen LogP) is 6.79. The standard InChI is InChI=1S/C25H25NO3S/c1-24(2,29-30-23-15-13-22(14-16-23)26(27)28)17-21-18-25(21,19-9-5-3-6-10-19)20-11-7-4-8-12-20/h3-16,21H,17-18H2,1-2H3. The molecule has 1 saturated carbocycles. The second-order valence-electron chi connectivity index (χ2n) is 8.49. The van der Waals surface area contributed by atoms with Gasteiger partial charge in [-0.05, 0) is 55.9 Å². The highest BCUT2D eigenvalue weighted by Crippen LogP contribution is 2.61. The van der Waals surface area contributed by atoms with Crippen LogP contribution in [0.4, 0.5) is 5.69 Å². The summed E-state index contributed by atoms with van der Waals surface area (Å²) in [6.07, 6.45) is 2.03. The maximum Gasteiger partial charge on any atom is 0.269 e. The minimum atomic E-state index is -0.390. The maximum atomic E-state index is 10.8. The summed E-state index contributed by atoms with van der Waals surface area (Å²) in [7, 11) is 0. The molecule has 3 aromatic rings. The zero-order chi connectivity index (χ0) is 21.2. The van der Waals surface area contributed by atoms with Crippen LogP contribution in [0.2, 0.25) is 0 Å². The van der Waals surface area contributed by atoms with Gasteiger partial charge in [0.15, 0.2) is 0 Å². The number of hydrogen-bond donors (Lipinski definition) is 0. The van der Waals surface area contributed by atoms with E-state index in [2.05, 4.69) is 74.5 Å². The van der Waals surface area contributed by atoms with Crippen LogP contribution < -0.4 is 0 Å². The third-order valence-electron chi connectivity index (χ3n) is 5.83. The van der Waals surface area contributed by atoms with Crippen LogP contribution in [0.5, 0.6) is 0 Å². The van der Waals surface area contributed by atoms with Crippen LogP contribution in [0.25, 0.3) is 0 Å². The van der Waals surface area contributed by atoms with Crippen molar-refractivity contribution < 1.29 is 9.11 Å². The average Bonchev–Trinajstić information content (AvgIpc) is 3.48. The fraction of sp³-hybridized carbons (Fsp3) is 0.280. The first-order valence-electron chi connectivity index (χ1n) is 10.1. The SMILES string of the molecule is CC(C)(CC1CC1(c1ccccc1)c1ccccc1)OSc1ccc([N+](=O)[O-])cc1. The summed E-state index contributed by atoms with van der Waals surface area (Å²) in [6, 6.07) is 28.0. The molecular weight excluding hydrogens is 394 g/mol. The summed E-state index contributed by atoms with van der Waals surface area (Å²) in [5, 5.41) is 10.8. The van der Waals surface area contributed by atoms with Gasteiger partial charge in [0, 0.05) is 34.5 Å². The Morgan fingerprint density at radius 1 is 0.967 bits per heavy atom. The van der Waals surface area contributed by atoms with Crippen LogP contribution in [0.1, 0.15) is 37.8 Å². The van der Waals surface area contributed by atoms with E-state index in [0.29, 0.717) is 5.92 Å². The first kappa shape index (κ1) is 20.6. The Bertz CT molecular complexity index is 964. The summed E-state index contributed by atoms with van der Waals surface area (Å²) in [4.78, 5) is 11.3. The number of nitro benzene ring substituents is 1. The molecule has 1 unspecified atom stereocenters. The van der Waals surface area contributed by atoms with Crippen molar-refractivity contribution in [2.24, 2.45) is 5.92 Å². The van der Waals surface area contributed by atoms with Gasteiger partial charge in [0.05, 0.1) is 10.5 Å². The second-order valence-corrected chi connectivity index (χ2v) is 9.29. The molecule has 0 aliphatic heterocycles. The number of non-ortho nitro benzene ring substituents is 1. The van der Waals surface area contributed by atoms with Gasteiger partial charge in [0.1, 0.15) is 0 Å². The zero-order valence-electron chi connectivity index (χ0n) is 17.2. The Morgan fingerprint density at radius 2 is 1.50 bits per heavy atom. The van der Waals surface area contributed by atoms with Crippen LogP contribution in [0, 0.1) is 16.0 Å². The molecule has 3 aromatic carbocycles. The molecule has 154 valence electrons. The number of rotatable bonds is 8. The molecule has 5 heteroatoms. The van der Waals surface area contributed by atoms with E-state index in [9.17, 15) is 10.1 Å². The highest BCUT2D eigenvalue weighted by atomic mass is 32.2. The Morgan fingerprint density at radius 3 is 2.00 bits per heavy atom. The van der Waals surface area contributed by atoms with Crippen molar-refractivity contribution in [2.75, 3.05) is 0 Å². The third kappa shape index (κ3) is 4.27. The summed E-state index contributed by atoms with van der Waals surface area (Å²) in [5.74, 6) is 0.495. The number of nitrogens with zero attached hydrogens (tertiary/aromatic N) is 1. The topological polar surface area (TPSA) is 52.4 Å². The predicted molar refractivity (Wildman–Crippen MR) is 121 cm³/mol. The molecule has 30 heavy (non-hydrogen) atoms. The van der Waals surface area contributed by atoms with E-state index in [1.54, 1.807) is 12.1 Å². The number of nitro groups is 1. The van der Waals surface area contributed by atoms with Gasteiger partial charge in [-0.2, -0.15) is 0 Å². The molecule has 0 amide bonds. The van der Waals surface area contributed by atoms with Gasteiger partial charge >= 0.3 is 0 Å². The Balaban J connectivity index is 1.47.